The number of rotatable bonds is 7. The first-order chi connectivity index (χ1) is 9.28. The van der Waals surface area contributed by atoms with Gasteiger partial charge in [0.2, 0.25) is 5.91 Å². The van der Waals surface area contributed by atoms with Crippen LogP contribution in [0.5, 0.6) is 0 Å². The van der Waals surface area contributed by atoms with Crippen molar-refractivity contribution in [3.63, 3.8) is 0 Å². The summed E-state index contributed by atoms with van der Waals surface area (Å²) < 4.78 is 21.8. The highest BCUT2D eigenvalue weighted by molar-refractivity contribution is 7.90. The molecule has 7 heteroatoms. The summed E-state index contributed by atoms with van der Waals surface area (Å²) in [5.41, 5.74) is 0.972. The normalized spacial score (nSPS) is 11.1. The van der Waals surface area contributed by atoms with Gasteiger partial charge in [-0.25, -0.2) is 13.2 Å². The fourth-order valence-corrected chi connectivity index (χ4v) is 2.22. The minimum atomic E-state index is -3.04. The van der Waals surface area contributed by atoms with Crippen molar-refractivity contribution in [1.82, 2.24) is 5.32 Å². The van der Waals surface area contributed by atoms with E-state index in [1.165, 1.54) is 12.1 Å². The maximum absolute atomic E-state index is 11.5. The fraction of sp³-hybridized carbons (Fsp3) is 0.385. The second-order valence-corrected chi connectivity index (χ2v) is 6.77. The summed E-state index contributed by atoms with van der Waals surface area (Å²) in [4.78, 5) is 22.1. The molecule has 0 bridgehead atoms. The van der Waals surface area contributed by atoms with E-state index < -0.39 is 15.8 Å². The minimum Gasteiger partial charge on any atom is -0.478 e. The van der Waals surface area contributed by atoms with Crippen LogP contribution in [-0.2, 0) is 21.2 Å². The molecule has 0 unspecified atom stereocenters. The molecular weight excluding hydrogens is 282 g/mol. The lowest BCUT2D eigenvalue weighted by molar-refractivity contribution is -0.121. The number of carbonyl (C=O) groups is 2. The summed E-state index contributed by atoms with van der Waals surface area (Å²) in [6.45, 7) is 0.289. The van der Waals surface area contributed by atoms with Crippen LogP contribution < -0.4 is 5.32 Å². The van der Waals surface area contributed by atoms with Crippen molar-refractivity contribution < 1.29 is 23.1 Å². The van der Waals surface area contributed by atoms with E-state index in [9.17, 15) is 18.0 Å². The average Bonchev–Trinajstić information content (AvgIpc) is 2.35. The lowest BCUT2D eigenvalue weighted by Crippen LogP contribution is -2.23. The molecule has 1 aromatic carbocycles. The van der Waals surface area contributed by atoms with Crippen molar-refractivity contribution in [3.05, 3.63) is 35.4 Å². The Labute approximate surface area is 117 Å². The molecule has 0 aromatic heterocycles. The van der Waals surface area contributed by atoms with Crippen molar-refractivity contribution in [2.24, 2.45) is 0 Å². The van der Waals surface area contributed by atoms with Crippen LogP contribution in [0, 0.1) is 0 Å². The molecule has 0 saturated carbocycles. The maximum Gasteiger partial charge on any atom is 0.335 e. The Bertz CT molecular complexity index is 577. The number of hydrogen-bond acceptors (Lipinski definition) is 4. The van der Waals surface area contributed by atoms with Gasteiger partial charge >= 0.3 is 5.97 Å². The standard InChI is InChI=1S/C13H17NO5S/c1-20(18,19)8-2-3-12(15)14-9-10-4-6-11(7-5-10)13(16)17/h4-7H,2-3,8-9H2,1H3,(H,14,15)(H,16,17). The molecule has 0 aliphatic carbocycles. The molecule has 1 amide bonds. The summed E-state index contributed by atoms with van der Waals surface area (Å²) in [6.07, 6.45) is 1.58. The first-order valence-electron chi connectivity index (χ1n) is 6.04. The fourth-order valence-electron chi connectivity index (χ4n) is 1.55. The van der Waals surface area contributed by atoms with E-state index in [2.05, 4.69) is 5.32 Å². The Kier molecular flexibility index (Phi) is 5.69. The van der Waals surface area contributed by atoms with E-state index in [1.54, 1.807) is 12.1 Å². The molecule has 0 radical (unpaired) electrons. The van der Waals surface area contributed by atoms with E-state index in [0.29, 0.717) is 6.42 Å². The monoisotopic (exact) mass is 299 g/mol. The van der Waals surface area contributed by atoms with Gasteiger partial charge in [0.15, 0.2) is 0 Å². The van der Waals surface area contributed by atoms with Gasteiger partial charge in [-0.05, 0) is 24.1 Å². The Morgan fingerprint density at radius 1 is 1.20 bits per heavy atom. The van der Waals surface area contributed by atoms with Gasteiger partial charge in [0.25, 0.3) is 0 Å². The molecule has 0 heterocycles. The molecule has 6 nitrogen and oxygen atoms in total. The van der Waals surface area contributed by atoms with Crippen LogP contribution in [0.1, 0.15) is 28.8 Å². The van der Waals surface area contributed by atoms with Crippen LogP contribution in [0.25, 0.3) is 0 Å². The zero-order valence-electron chi connectivity index (χ0n) is 11.1. The maximum atomic E-state index is 11.5. The third kappa shape index (κ3) is 6.33. The van der Waals surface area contributed by atoms with Gasteiger partial charge in [0.1, 0.15) is 9.84 Å². The van der Waals surface area contributed by atoms with Gasteiger partial charge in [0, 0.05) is 19.2 Å². The molecular formula is C13H17NO5S. The van der Waals surface area contributed by atoms with Gasteiger partial charge in [-0.3, -0.25) is 4.79 Å². The molecule has 0 aliphatic rings. The molecule has 0 spiro atoms. The van der Waals surface area contributed by atoms with Crippen LogP contribution >= 0.6 is 0 Å². The van der Waals surface area contributed by atoms with Crippen LogP contribution in [0.3, 0.4) is 0 Å². The first-order valence-corrected chi connectivity index (χ1v) is 8.10. The number of amides is 1. The third-order valence-corrected chi connectivity index (χ3v) is 3.64. The van der Waals surface area contributed by atoms with Crippen LogP contribution in [-0.4, -0.2) is 37.4 Å². The van der Waals surface area contributed by atoms with Gasteiger partial charge in [0.05, 0.1) is 11.3 Å². The zero-order chi connectivity index (χ0) is 15.2. The molecule has 0 saturated heterocycles. The van der Waals surface area contributed by atoms with Gasteiger partial charge < -0.3 is 10.4 Å². The average molecular weight is 299 g/mol. The largest absolute Gasteiger partial charge is 0.478 e. The van der Waals surface area contributed by atoms with Crippen molar-refractivity contribution in [2.45, 2.75) is 19.4 Å². The quantitative estimate of drug-likeness (QED) is 0.776. The van der Waals surface area contributed by atoms with E-state index in [4.69, 9.17) is 5.11 Å². The summed E-state index contributed by atoms with van der Waals surface area (Å²) in [7, 11) is -3.04. The number of sulfone groups is 1. The molecule has 0 atom stereocenters. The predicted octanol–water partition coefficient (Wildman–Crippen LogP) is 0.826. The van der Waals surface area contributed by atoms with Crippen LogP contribution in [0.4, 0.5) is 0 Å². The SMILES string of the molecule is CS(=O)(=O)CCCC(=O)NCc1ccc(C(=O)O)cc1. The highest BCUT2D eigenvalue weighted by atomic mass is 32.2. The minimum absolute atomic E-state index is 0.00622. The lowest BCUT2D eigenvalue weighted by Gasteiger charge is -2.05. The number of benzene rings is 1. The molecule has 110 valence electrons. The van der Waals surface area contributed by atoms with Gasteiger partial charge in [-0.2, -0.15) is 0 Å². The van der Waals surface area contributed by atoms with Gasteiger partial charge in [-0.1, -0.05) is 12.1 Å². The molecule has 0 fully saturated rings. The first kappa shape index (κ1) is 16.2. The van der Waals surface area contributed by atoms with Crippen LogP contribution in [0.2, 0.25) is 0 Å². The Morgan fingerprint density at radius 2 is 1.80 bits per heavy atom. The van der Waals surface area contributed by atoms with Crippen molar-refractivity contribution >= 4 is 21.7 Å². The second-order valence-electron chi connectivity index (χ2n) is 4.51. The Balaban J connectivity index is 2.35. The number of carboxylic acids is 1. The van der Waals surface area contributed by atoms with E-state index in [-0.39, 0.29) is 30.2 Å². The number of carbonyl (C=O) groups excluding carboxylic acids is 1. The highest BCUT2D eigenvalue weighted by Crippen LogP contribution is 2.04. The predicted molar refractivity (Wildman–Crippen MR) is 74.2 cm³/mol. The van der Waals surface area contributed by atoms with E-state index >= 15 is 0 Å². The molecule has 0 aliphatic heterocycles. The number of carboxylic acid groups (broad SMARTS) is 1. The zero-order valence-corrected chi connectivity index (χ0v) is 11.9. The smallest absolute Gasteiger partial charge is 0.335 e. The third-order valence-electron chi connectivity index (χ3n) is 2.61. The topological polar surface area (TPSA) is 101 Å². The molecule has 1 aromatic rings. The second kappa shape index (κ2) is 7.04. The summed E-state index contributed by atoms with van der Waals surface area (Å²) >= 11 is 0. The van der Waals surface area contributed by atoms with Gasteiger partial charge in [-0.15, -0.1) is 0 Å². The summed E-state index contributed by atoms with van der Waals surface area (Å²) in [5.74, 6) is -1.23. The number of hydrogen-bond donors (Lipinski definition) is 2. The van der Waals surface area contributed by atoms with Crippen molar-refractivity contribution in [3.8, 4) is 0 Å². The summed E-state index contributed by atoms with van der Waals surface area (Å²) in [6, 6.07) is 6.18. The van der Waals surface area contributed by atoms with E-state index in [0.717, 1.165) is 11.8 Å². The summed E-state index contributed by atoms with van der Waals surface area (Å²) in [5, 5.41) is 11.4. The number of nitrogens with one attached hydrogen (secondary N) is 1. The molecule has 1 rings (SSSR count). The Hall–Kier alpha value is -1.89. The molecule has 20 heavy (non-hydrogen) atoms. The number of aromatic carboxylic acids is 1. The van der Waals surface area contributed by atoms with Crippen molar-refractivity contribution in [1.29, 1.82) is 0 Å². The Morgan fingerprint density at radius 3 is 2.30 bits per heavy atom. The van der Waals surface area contributed by atoms with Crippen molar-refractivity contribution in [2.75, 3.05) is 12.0 Å². The molecule has 2 N–H and O–H groups in total. The lowest BCUT2D eigenvalue weighted by atomic mass is 10.1. The van der Waals surface area contributed by atoms with E-state index in [1.807, 2.05) is 0 Å². The van der Waals surface area contributed by atoms with Crippen LogP contribution in [0.15, 0.2) is 24.3 Å². The highest BCUT2D eigenvalue weighted by Gasteiger charge is 2.06.